The number of ether oxygens (including phenoxy) is 1. The number of ketones is 2. The van der Waals surface area contributed by atoms with Crippen molar-refractivity contribution in [2.75, 3.05) is 0 Å². The molecule has 1 aromatic heterocycles. The molecule has 2 amide bonds. The van der Waals surface area contributed by atoms with Crippen LogP contribution in [0.4, 0.5) is 4.79 Å². The fourth-order valence-corrected chi connectivity index (χ4v) is 4.95. The molecule has 0 saturated heterocycles. The third kappa shape index (κ3) is 4.15. The van der Waals surface area contributed by atoms with E-state index in [2.05, 4.69) is 25.0 Å². The maximum atomic E-state index is 12.9. The molecule has 0 radical (unpaired) electrons. The molecular formula is C20H28N4O6Si. The van der Waals surface area contributed by atoms with Gasteiger partial charge in [-0.15, -0.1) is 0 Å². The monoisotopic (exact) mass is 448 g/mol. The van der Waals surface area contributed by atoms with E-state index in [0.717, 1.165) is 6.04 Å². The second kappa shape index (κ2) is 7.97. The highest BCUT2D eigenvalue weighted by molar-refractivity contribution is 6.76. The number of carbonyl (C=O) groups is 4. The molecule has 3 rings (SSSR count). The second-order valence-electron chi connectivity index (χ2n) is 9.18. The summed E-state index contributed by atoms with van der Waals surface area (Å²) in [5.41, 5.74) is 11.3. The highest BCUT2D eigenvalue weighted by Crippen LogP contribution is 2.40. The van der Waals surface area contributed by atoms with Crippen molar-refractivity contribution in [3.05, 3.63) is 33.8 Å². The highest BCUT2D eigenvalue weighted by Gasteiger charge is 2.44. The van der Waals surface area contributed by atoms with Gasteiger partial charge in [-0.25, -0.2) is 4.79 Å². The molecule has 2 unspecified atom stereocenters. The van der Waals surface area contributed by atoms with Crippen LogP contribution in [0.3, 0.4) is 0 Å². The number of carbonyl (C=O) groups excluding carboxylic acids is 4. The molecule has 168 valence electrons. The zero-order valence-corrected chi connectivity index (χ0v) is 19.1. The van der Waals surface area contributed by atoms with Crippen LogP contribution in [0.15, 0.2) is 11.3 Å². The van der Waals surface area contributed by atoms with Gasteiger partial charge in [-0.3, -0.25) is 14.4 Å². The molecule has 2 atom stereocenters. The van der Waals surface area contributed by atoms with Gasteiger partial charge in [0, 0.05) is 32.2 Å². The lowest BCUT2D eigenvalue weighted by atomic mass is 9.89. The molecule has 0 spiro atoms. The number of aromatic nitrogens is 1. The molecule has 1 aliphatic heterocycles. The fourth-order valence-electron chi connectivity index (χ4n) is 3.97. The Kier molecular flexibility index (Phi) is 5.85. The number of nitrogens with zero attached hydrogens (tertiary/aromatic N) is 1. The number of amides is 2. The number of primary amides is 1. The average molecular weight is 449 g/mol. The van der Waals surface area contributed by atoms with Gasteiger partial charge >= 0.3 is 6.09 Å². The van der Waals surface area contributed by atoms with E-state index < -0.39 is 44.5 Å². The van der Waals surface area contributed by atoms with E-state index in [9.17, 15) is 24.3 Å². The van der Waals surface area contributed by atoms with E-state index in [4.69, 9.17) is 16.2 Å². The van der Waals surface area contributed by atoms with Crippen LogP contribution in [0, 0.1) is 0 Å². The molecule has 0 bridgehead atoms. The van der Waals surface area contributed by atoms with Crippen LogP contribution in [-0.2, 0) is 22.7 Å². The van der Waals surface area contributed by atoms with E-state index in [-0.39, 0.29) is 46.2 Å². The summed E-state index contributed by atoms with van der Waals surface area (Å²) >= 11 is 0. The van der Waals surface area contributed by atoms with E-state index in [1.54, 1.807) is 0 Å². The lowest BCUT2D eigenvalue weighted by Gasteiger charge is -2.21. The number of hydrogen-bond acceptors (Lipinski definition) is 7. The Morgan fingerprint density at radius 3 is 2.48 bits per heavy atom. The maximum Gasteiger partial charge on any atom is 0.404 e. The number of allylic oxidation sites excluding steroid dienone is 2. The Hall–Kier alpha value is -2.92. The Labute approximate surface area is 180 Å². The van der Waals surface area contributed by atoms with Crippen molar-refractivity contribution in [3.63, 3.8) is 0 Å². The van der Waals surface area contributed by atoms with Crippen molar-refractivity contribution >= 4 is 31.6 Å². The van der Waals surface area contributed by atoms with Gasteiger partial charge in [0.1, 0.15) is 18.4 Å². The minimum Gasteiger partial charge on any atom is -0.445 e. The second-order valence-corrected chi connectivity index (χ2v) is 14.8. The highest BCUT2D eigenvalue weighted by atomic mass is 28.3. The van der Waals surface area contributed by atoms with Gasteiger partial charge in [-0.05, 0) is 13.0 Å². The first-order chi connectivity index (χ1) is 14.3. The first-order valence-electron chi connectivity index (χ1n) is 10.0. The molecule has 31 heavy (non-hydrogen) atoms. The third-order valence-corrected chi connectivity index (χ3v) is 7.44. The largest absolute Gasteiger partial charge is 0.445 e. The Morgan fingerprint density at radius 1 is 1.26 bits per heavy atom. The van der Waals surface area contributed by atoms with Crippen LogP contribution in [0.2, 0.25) is 25.7 Å². The molecule has 2 heterocycles. The van der Waals surface area contributed by atoms with Crippen LogP contribution in [0.25, 0.3) is 0 Å². The molecule has 11 heteroatoms. The van der Waals surface area contributed by atoms with Crippen molar-refractivity contribution in [2.24, 2.45) is 11.5 Å². The molecule has 0 saturated carbocycles. The topological polar surface area (TPSA) is 167 Å². The Bertz CT molecular complexity index is 1020. The summed E-state index contributed by atoms with van der Waals surface area (Å²) in [6, 6.07) is 0.116. The van der Waals surface area contributed by atoms with Crippen LogP contribution in [0.1, 0.15) is 51.6 Å². The normalized spacial score (nSPS) is 20.5. The predicted molar refractivity (Wildman–Crippen MR) is 114 cm³/mol. The van der Waals surface area contributed by atoms with E-state index in [1.807, 2.05) is 0 Å². The number of fused-ring (bicyclic) bond motifs is 3. The first-order valence-corrected chi connectivity index (χ1v) is 13.7. The predicted octanol–water partition coefficient (Wildman–Crippen LogP) is 0.955. The molecular weight excluding hydrogens is 420 g/mol. The summed E-state index contributed by atoms with van der Waals surface area (Å²) in [4.78, 5) is 49.3. The zero-order chi connectivity index (χ0) is 23.2. The number of rotatable bonds is 6. The lowest BCUT2D eigenvalue weighted by molar-refractivity contribution is -0.122. The van der Waals surface area contributed by atoms with Gasteiger partial charge in [0.25, 0.3) is 0 Å². The number of Topliss-reactive ketones (excluding diaryl/α,β-unsaturated/α-hetero) is 2. The molecule has 0 aromatic carbocycles. The fraction of sp³-hybridized carbons (Fsp3) is 0.500. The summed E-state index contributed by atoms with van der Waals surface area (Å²) in [6.07, 6.45) is -1.92. The van der Waals surface area contributed by atoms with Gasteiger partial charge in [0.15, 0.2) is 0 Å². The van der Waals surface area contributed by atoms with Crippen molar-refractivity contribution in [3.8, 4) is 0 Å². The smallest absolute Gasteiger partial charge is 0.404 e. The Morgan fingerprint density at radius 2 is 1.90 bits per heavy atom. The number of aliphatic hydroxyl groups is 1. The van der Waals surface area contributed by atoms with Crippen molar-refractivity contribution in [1.82, 2.24) is 9.88 Å². The molecule has 10 nitrogen and oxygen atoms in total. The molecule has 1 aliphatic carbocycles. The Balaban J connectivity index is 1.96. The van der Waals surface area contributed by atoms with Crippen LogP contribution in [0.5, 0.6) is 0 Å². The quantitative estimate of drug-likeness (QED) is 0.470. The summed E-state index contributed by atoms with van der Waals surface area (Å²) in [6.45, 7) is 7.64. The van der Waals surface area contributed by atoms with E-state index >= 15 is 0 Å². The number of aliphatic hydroxyl groups excluding tert-OH is 1. The third-order valence-electron chi connectivity index (χ3n) is 5.69. The lowest BCUT2D eigenvalue weighted by Crippen LogP contribution is -2.39. The summed E-state index contributed by atoms with van der Waals surface area (Å²) in [7, 11) is -1.41. The zero-order valence-electron chi connectivity index (χ0n) is 18.1. The van der Waals surface area contributed by atoms with E-state index in [0.29, 0.717) is 6.42 Å². The van der Waals surface area contributed by atoms with Crippen LogP contribution < -0.4 is 16.8 Å². The maximum absolute atomic E-state index is 12.9. The van der Waals surface area contributed by atoms with Crippen LogP contribution >= 0.6 is 0 Å². The van der Waals surface area contributed by atoms with Gasteiger partial charge in [-0.1, -0.05) is 19.6 Å². The van der Waals surface area contributed by atoms with Gasteiger partial charge in [0.2, 0.25) is 17.5 Å². The molecule has 2 aliphatic rings. The van der Waals surface area contributed by atoms with Crippen molar-refractivity contribution < 1.29 is 29.0 Å². The molecule has 6 N–H and O–H groups in total. The number of nitrogens with two attached hydrogens (primary N) is 2. The molecule has 0 fully saturated rings. The van der Waals surface area contributed by atoms with Crippen LogP contribution in [-0.4, -0.2) is 47.4 Å². The minimum atomic E-state index is -1.41. The number of hydrogen-bond donors (Lipinski definition) is 4. The standard InChI is InChI=1S/C20H28N4O6Si/c1-9-14(21)19(28)13-10(8-30-20(22)29)15-18(27)11(7-24(15)16(13)17(9)26)23-12(25)5-6-31(2,3)4/h11,18,27H,5-8,21H2,1-4H3,(H2,22,29)(H,23,25). The SMILES string of the molecule is CC1=C(N)C(=O)c2c(COC(N)=O)c3n(c2C1=O)CC(NC(=O)CC[Si](C)(C)C)C3O. The summed E-state index contributed by atoms with van der Waals surface area (Å²) in [5, 5.41) is 13.8. The first kappa shape index (κ1) is 22.8. The average Bonchev–Trinajstić information content (AvgIpc) is 3.15. The minimum absolute atomic E-state index is 0.00640. The molecule has 1 aromatic rings. The van der Waals surface area contributed by atoms with Gasteiger partial charge in [-0.2, -0.15) is 0 Å². The van der Waals surface area contributed by atoms with E-state index in [1.165, 1.54) is 11.5 Å². The van der Waals surface area contributed by atoms with Gasteiger partial charge < -0.3 is 31.2 Å². The summed E-state index contributed by atoms with van der Waals surface area (Å²) < 4.78 is 6.39. The number of nitrogens with one attached hydrogen (secondary N) is 1. The van der Waals surface area contributed by atoms with Crippen molar-refractivity contribution in [1.29, 1.82) is 0 Å². The summed E-state index contributed by atoms with van der Waals surface area (Å²) in [5.74, 6) is -1.21. The van der Waals surface area contributed by atoms with Crippen molar-refractivity contribution in [2.45, 2.75) is 64.3 Å². The van der Waals surface area contributed by atoms with Gasteiger partial charge in [0.05, 0.1) is 23.0 Å².